The Morgan fingerprint density at radius 2 is 1.63 bits per heavy atom. The number of anilines is 1. The van der Waals surface area contributed by atoms with Crippen molar-refractivity contribution in [3.8, 4) is 0 Å². The fourth-order valence-electron chi connectivity index (χ4n) is 4.77. The first-order valence-corrected chi connectivity index (χ1v) is 10.2. The first-order valence-electron chi connectivity index (χ1n) is 10.2. The van der Waals surface area contributed by atoms with E-state index in [9.17, 15) is 14.9 Å². The number of rotatable bonds is 4. The minimum atomic E-state index is -0.359. The molecule has 1 amide bonds. The number of nitro benzene ring substituents is 1. The number of amides is 1. The Balaban J connectivity index is 1.45. The van der Waals surface area contributed by atoms with Gasteiger partial charge in [0.15, 0.2) is 0 Å². The van der Waals surface area contributed by atoms with Gasteiger partial charge in [-0.2, -0.15) is 0 Å². The van der Waals surface area contributed by atoms with E-state index in [0.29, 0.717) is 30.4 Å². The van der Waals surface area contributed by atoms with E-state index in [4.69, 9.17) is 0 Å². The zero-order valence-corrected chi connectivity index (χ0v) is 15.8. The van der Waals surface area contributed by atoms with Crippen molar-refractivity contribution >= 4 is 17.3 Å². The normalized spacial score (nSPS) is 21.8. The topological polar surface area (TPSA) is 69.9 Å². The van der Waals surface area contributed by atoms with E-state index < -0.39 is 0 Å². The molecule has 0 spiro atoms. The average Bonchev–Trinajstić information content (AvgIpc) is 3.41. The summed E-state index contributed by atoms with van der Waals surface area (Å²) in [5, 5.41) is 11.6. The lowest BCUT2D eigenvalue weighted by molar-refractivity contribution is -0.384. The van der Waals surface area contributed by atoms with Crippen molar-refractivity contribution in [3.05, 3.63) is 33.9 Å². The Hall–Kier alpha value is -2.15. The molecule has 1 aromatic carbocycles. The van der Waals surface area contributed by atoms with Gasteiger partial charge in [0, 0.05) is 56.9 Å². The largest absolute Gasteiger partial charge is 0.366 e. The van der Waals surface area contributed by atoms with Crippen LogP contribution in [-0.4, -0.2) is 65.9 Å². The van der Waals surface area contributed by atoms with E-state index in [1.807, 2.05) is 9.80 Å². The van der Waals surface area contributed by atoms with Crippen LogP contribution in [0.4, 0.5) is 11.4 Å². The van der Waals surface area contributed by atoms with Crippen molar-refractivity contribution in [1.29, 1.82) is 0 Å². The van der Waals surface area contributed by atoms with Gasteiger partial charge in [-0.3, -0.25) is 19.8 Å². The molecule has 7 nitrogen and oxygen atoms in total. The molecule has 2 saturated heterocycles. The quantitative estimate of drug-likeness (QED) is 0.600. The van der Waals surface area contributed by atoms with Crippen LogP contribution in [0.3, 0.4) is 0 Å². The van der Waals surface area contributed by atoms with Crippen molar-refractivity contribution in [3.63, 3.8) is 0 Å². The van der Waals surface area contributed by atoms with Crippen molar-refractivity contribution in [2.24, 2.45) is 0 Å². The molecule has 1 aromatic rings. The fourth-order valence-corrected chi connectivity index (χ4v) is 4.77. The van der Waals surface area contributed by atoms with Crippen LogP contribution in [0.5, 0.6) is 0 Å². The van der Waals surface area contributed by atoms with Crippen LogP contribution >= 0.6 is 0 Å². The van der Waals surface area contributed by atoms with Crippen LogP contribution < -0.4 is 4.90 Å². The molecule has 1 aliphatic carbocycles. The highest BCUT2D eigenvalue weighted by Crippen LogP contribution is 2.32. The van der Waals surface area contributed by atoms with Gasteiger partial charge in [0.25, 0.3) is 11.6 Å². The zero-order chi connectivity index (χ0) is 18.8. The summed E-state index contributed by atoms with van der Waals surface area (Å²) >= 11 is 0. The second-order valence-electron chi connectivity index (χ2n) is 7.92. The average molecular weight is 372 g/mol. The SMILES string of the molecule is O=C(c1ccc(N2CCCC2)c([N+](=O)[O-])c1)N1CCN(C2CCCC2)CC1. The molecule has 0 atom stereocenters. The minimum absolute atomic E-state index is 0.0485. The Labute approximate surface area is 160 Å². The van der Waals surface area contributed by atoms with Crippen LogP contribution in [0.1, 0.15) is 48.9 Å². The van der Waals surface area contributed by atoms with Crippen LogP contribution in [0.15, 0.2) is 18.2 Å². The second kappa shape index (κ2) is 7.84. The van der Waals surface area contributed by atoms with Gasteiger partial charge in [0.2, 0.25) is 0 Å². The summed E-state index contributed by atoms with van der Waals surface area (Å²) in [5.41, 5.74) is 1.12. The summed E-state index contributed by atoms with van der Waals surface area (Å²) in [6.07, 6.45) is 7.30. The smallest absolute Gasteiger partial charge is 0.293 e. The Bertz CT molecular complexity index is 703. The maximum Gasteiger partial charge on any atom is 0.293 e. The first-order chi connectivity index (χ1) is 13.1. The lowest BCUT2D eigenvalue weighted by Crippen LogP contribution is -2.51. The van der Waals surface area contributed by atoms with Crippen molar-refractivity contribution in [2.45, 2.75) is 44.6 Å². The molecule has 7 heteroatoms. The first kappa shape index (κ1) is 18.2. The van der Waals surface area contributed by atoms with Gasteiger partial charge in [-0.15, -0.1) is 0 Å². The fraction of sp³-hybridized carbons (Fsp3) is 0.650. The maximum atomic E-state index is 12.9. The van der Waals surface area contributed by atoms with E-state index in [0.717, 1.165) is 39.0 Å². The van der Waals surface area contributed by atoms with Crippen LogP contribution in [0.2, 0.25) is 0 Å². The van der Waals surface area contributed by atoms with Crippen molar-refractivity contribution < 1.29 is 9.72 Å². The summed E-state index contributed by atoms with van der Waals surface area (Å²) in [6.45, 7) is 4.91. The standard InChI is InChI=1S/C20H28N4O3/c25-20(23-13-11-21(12-14-23)17-5-1-2-6-17)16-7-8-18(19(15-16)24(26)27)22-9-3-4-10-22/h7-8,15,17H,1-6,9-14H2. The van der Waals surface area contributed by atoms with E-state index >= 15 is 0 Å². The third kappa shape index (κ3) is 3.78. The highest BCUT2D eigenvalue weighted by atomic mass is 16.6. The second-order valence-corrected chi connectivity index (χ2v) is 7.92. The molecular formula is C20H28N4O3. The minimum Gasteiger partial charge on any atom is -0.366 e. The number of hydrogen-bond acceptors (Lipinski definition) is 5. The molecule has 1 saturated carbocycles. The number of nitro groups is 1. The van der Waals surface area contributed by atoms with E-state index in [2.05, 4.69) is 4.90 Å². The molecule has 2 heterocycles. The molecule has 0 N–H and O–H groups in total. The molecule has 27 heavy (non-hydrogen) atoms. The van der Waals surface area contributed by atoms with Crippen molar-refractivity contribution in [2.75, 3.05) is 44.2 Å². The van der Waals surface area contributed by atoms with E-state index in [1.54, 1.807) is 12.1 Å². The molecule has 146 valence electrons. The lowest BCUT2D eigenvalue weighted by Gasteiger charge is -2.38. The monoisotopic (exact) mass is 372 g/mol. The Kier molecular flexibility index (Phi) is 5.29. The maximum absolute atomic E-state index is 12.9. The lowest BCUT2D eigenvalue weighted by atomic mass is 10.1. The number of carbonyl (C=O) groups excluding carboxylic acids is 1. The molecule has 3 fully saturated rings. The summed E-state index contributed by atoms with van der Waals surface area (Å²) in [6, 6.07) is 5.67. The third-order valence-corrected chi connectivity index (χ3v) is 6.31. The molecule has 0 radical (unpaired) electrons. The highest BCUT2D eigenvalue weighted by molar-refractivity contribution is 5.96. The predicted octanol–water partition coefficient (Wildman–Crippen LogP) is 2.90. The predicted molar refractivity (Wildman–Crippen MR) is 104 cm³/mol. The number of piperazine rings is 1. The van der Waals surface area contributed by atoms with Crippen molar-refractivity contribution in [1.82, 2.24) is 9.80 Å². The zero-order valence-electron chi connectivity index (χ0n) is 15.8. The van der Waals surface area contributed by atoms with Gasteiger partial charge in [-0.1, -0.05) is 12.8 Å². The molecule has 0 aromatic heterocycles. The van der Waals surface area contributed by atoms with Gasteiger partial charge in [-0.25, -0.2) is 0 Å². The molecule has 3 aliphatic rings. The van der Waals surface area contributed by atoms with E-state index in [-0.39, 0.29) is 16.5 Å². The van der Waals surface area contributed by atoms with Crippen LogP contribution in [-0.2, 0) is 0 Å². The third-order valence-electron chi connectivity index (χ3n) is 6.31. The summed E-state index contributed by atoms with van der Waals surface area (Å²) in [7, 11) is 0. The van der Waals surface area contributed by atoms with E-state index in [1.165, 1.54) is 31.7 Å². The van der Waals surface area contributed by atoms with Gasteiger partial charge in [0.05, 0.1) is 4.92 Å². The molecule has 4 rings (SSSR count). The van der Waals surface area contributed by atoms with Gasteiger partial charge in [0.1, 0.15) is 5.69 Å². The number of hydrogen-bond donors (Lipinski definition) is 0. The molecule has 2 aliphatic heterocycles. The summed E-state index contributed by atoms with van der Waals surface area (Å²) < 4.78 is 0. The highest BCUT2D eigenvalue weighted by Gasteiger charge is 2.30. The molecular weight excluding hydrogens is 344 g/mol. The van der Waals surface area contributed by atoms with Gasteiger partial charge in [-0.05, 0) is 37.8 Å². The Morgan fingerprint density at radius 3 is 2.26 bits per heavy atom. The number of benzene rings is 1. The number of nitrogens with zero attached hydrogens (tertiary/aromatic N) is 4. The summed E-state index contributed by atoms with van der Waals surface area (Å²) in [4.78, 5) is 30.5. The number of carbonyl (C=O) groups is 1. The molecule has 0 bridgehead atoms. The Morgan fingerprint density at radius 1 is 0.963 bits per heavy atom. The van der Waals surface area contributed by atoms with Crippen LogP contribution in [0, 0.1) is 10.1 Å². The summed E-state index contributed by atoms with van der Waals surface area (Å²) in [5.74, 6) is -0.0860. The van der Waals surface area contributed by atoms with Gasteiger partial charge < -0.3 is 9.80 Å². The van der Waals surface area contributed by atoms with Gasteiger partial charge >= 0.3 is 0 Å². The molecule has 0 unspecified atom stereocenters. The van der Waals surface area contributed by atoms with Crippen LogP contribution in [0.25, 0.3) is 0 Å².